The second-order valence-corrected chi connectivity index (χ2v) is 10.3. The van der Waals surface area contributed by atoms with Gasteiger partial charge in [-0.05, 0) is 42.7 Å². The van der Waals surface area contributed by atoms with Gasteiger partial charge in [0.25, 0.3) is 0 Å². The zero-order valence-electron chi connectivity index (χ0n) is 22.7. The third-order valence-electron chi connectivity index (χ3n) is 6.29. The Bertz CT molecular complexity index is 1050. The van der Waals surface area contributed by atoms with E-state index in [2.05, 4.69) is 30.3 Å². The Kier molecular flexibility index (Phi) is 12.1. The van der Waals surface area contributed by atoms with Crippen molar-refractivity contribution in [2.24, 2.45) is 5.41 Å². The van der Waals surface area contributed by atoms with Crippen molar-refractivity contribution in [3.05, 3.63) is 54.6 Å². The zero-order valence-corrected chi connectivity index (χ0v) is 22.7. The van der Waals surface area contributed by atoms with Gasteiger partial charge in [0.05, 0.1) is 12.7 Å². The molecule has 2 rings (SSSR count). The van der Waals surface area contributed by atoms with Crippen molar-refractivity contribution in [2.75, 3.05) is 19.8 Å². The highest BCUT2D eigenvalue weighted by Crippen LogP contribution is 2.27. The number of nitrogens with zero attached hydrogens (tertiary/aromatic N) is 1. The topological polar surface area (TPSA) is 105 Å². The summed E-state index contributed by atoms with van der Waals surface area (Å²) in [6, 6.07) is 5.56. The van der Waals surface area contributed by atoms with Crippen molar-refractivity contribution < 1.29 is 29.0 Å². The molecule has 0 aliphatic carbocycles. The average molecular weight is 525 g/mol. The maximum Gasteiger partial charge on any atom is 0.407 e. The average Bonchev–Trinajstić information content (AvgIpc) is 3.31. The highest BCUT2D eigenvalue weighted by Gasteiger charge is 2.45. The molecule has 1 aliphatic rings. The van der Waals surface area contributed by atoms with Gasteiger partial charge in [0, 0.05) is 18.5 Å². The van der Waals surface area contributed by atoms with Crippen molar-refractivity contribution in [3.63, 3.8) is 0 Å². The summed E-state index contributed by atoms with van der Waals surface area (Å²) in [4.78, 5) is 39.2. The van der Waals surface area contributed by atoms with Gasteiger partial charge in [0.2, 0.25) is 5.91 Å². The van der Waals surface area contributed by atoms with Crippen LogP contribution in [0.15, 0.2) is 43.5 Å². The molecule has 3 atom stereocenters. The molecule has 0 aromatic heterocycles. The summed E-state index contributed by atoms with van der Waals surface area (Å²) in [5, 5.41) is 12.5. The van der Waals surface area contributed by atoms with Gasteiger partial charge in [0.1, 0.15) is 18.7 Å². The lowest BCUT2D eigenvalue weighted by molar-refractivity contribution is -0.150. The Morgan fingerprint density at radius 1 is 1.21 bits per heavy atom. The van der Waals surface area contributed by atoms with Crippen LogP contribution in [0.2, 0.25) is 0 Å². The number of unbranched alkanes of at least 4 members (excludes halogenated alkanes) is 3. The predicted molar refractivity (Wildman–Crippen MR) is 147 cm³/mol. The minimum absolute atomic E-state index is 0.0879. The molecule has 8 heteroatoms. The van der Waals surface area contributed by atoms with Crippen LogP contribution in [-0.2, 0) is 19.1 Å². The number of alkyl carbamates (subject to hydrolysis) is 1. The molecular weight excluding hydrogens is 484 g/mol. The third-order valence-corrected chi connectivity index (χ3v) is 6.29. The van der Waals surface area contributed by atoms with Crippen LogP contribution in [-0.4, -0.2) is 65.9 Å². The molecule has 1 fully saturated rings. The predicted octanol–water partition coefficient (Wildman–Crippen LogP) is 4.64. The molecule has 2 amide bonds. The molecule has 1 unspecified atom stereocenters. The number of amides is 2. The Hall–Kier alpha value is -3.57. The van der Waals surface area contributed by atoms with Gasteiger partial charge in [-0.15, -0.1) is 6.58 Å². The van der Waals surface area contributed by atoms with Crippen molar-refractivity contribution in [2.45, 2.75) is 71.1 Å². The molecule has 0 saturated carbocycles. The third kappa shape index (κ3) is 9.38. The van der Waals surface area contributed by atoms with Gasteiger partial charge in [-0.3, -0.25) is 4.79 Å². The number of likely N-dealkylation sites (tertiary alicyclic amines) is 1. The number of allylic oxidation sites excluding steroid dienone is 1. The van der Waals surface area contributed by atoms with Crippen LogP contribution in [0, 0.1) is 17.3 Å². The highest BCUT2D eigenvalue weighted by molar-refractivity contribution is 5.90. The van der Waals surface area contributed by atoms with Crippen LogP contribution >= 0.6 is 0 Å². The number of hydrogen-bond acceptors (Lipinski definition) is 5. The zero-order chi connectivity index (χ0) is 28.1. The number of benzene rings is 1. The minimum Gasteiger partial charge on any atom is -0.480 e. The molecule has 1 heterocycles. The van der Waals surface area contributed by atoms with Crippen LogP contribution in [0.1, 0.15) is 64.0 Å². The molecule has 0 bridgehead atoms. The standard InChI is InChI=1S/C30H40N2O6/c1-6-8-9-10-13-18-38-29(36)31-26(30(3,4)5)27(33)32-21-24(20-25(32)28(34)35)37-19-14-17-23-16-12-11-15-22(23)7-2/h6-7,11-12,15-16,24-26H,1-2,8-10,13,18-21H2,3-5H3,(H,31,36)(H,34,35)/t24?,25-,26+/m0/s1. The SMILES string of the molecule is C=CCCCCCOC(=O)N[C@H](C(=O)N1CC(OCC#Cc2ccccc2C=C)C[C@H]1C(=O)O)C(C)(C)C. The lowest BCUT2D eigenvalue weighted by atomic mass is 9.85. The molecule has 1 aromatic rings. The second kappa shape index (κ2) is 15.0. The second-order valence-electron chi connectivity index (χ2n) is 10.3. The van der Waals surface area contributed by atoms with E-state index in [1.54, 1.807) is 6.08 Å². The Balaban J connectivity index is 2.00. The molecule has 0 spiro atoms. The number of carbonyl (C=O) groups excluding carboxylic acids is 2. The summed E-state index contributed by atoms with van der Waals surface area (Å²) in [5.41, 5.74) is 1.06. The number of ether oxygens (including phenoxy) is 2. The van der Waals surface area contributed by atoms with E-state index in [4.69, 9.17) is 9.47 Å². The molecule has 0 radical (unpaired) electrons. The number of carboxylic acids is 1. The number of hydrogen-bond donors (Lipinski definition) is 2. The van der Waals surface area contributed by atoms with E-state index >= 15 is 0 Å². The largest absolute Gasteiger partial charge is 0.480 e. The van der Waals surface area contributed by atoms with Crippen molar-refractivity contribution in [1.29, 1.82) is 0 Å². The van der Waals surface area contributed by atoms with E-state index in [0.29, 0.717) is 6.42 Å². The van der Waals surface area contributed by atoms with E-state index in [0.717, 1.165) is 30.4 Å². The van der Waals surface area contributed by atoms with Gasteiger partial charge in [0.15, 0.2) is 0 Å². The fraction of sp³-hybridized carbons (Fsp3) is 0.500. The van der Waals surface area contributed by atoms with Crippen molar-refractivity contribution >= 4 is 24.0 Å². The van der Waals surface area contributed by atoms with Crippen LogP contribution in [0.4, 0.5) is 4.79 Å². The van der Waals surface area contributed by atoms with Gasteiger partial charge >= 0.3 is 12.1 Å². The smallest absolute Gasteiger partial charge is 0.407 e. The van der Waals surface area contributed by atoms with Gasteiger partial charge in [-0.2, -0.15) is 0 Å². The van der Waals surface area contributed by atoms with Crippen LogP contribution in [0.25, 0.3) is 6.08 Å². The summed E-state index contributed by atoms with van der Waals surface area (Å²) in [6.07, 6.45) is 6.02. The molecule has 2 N–H and O–H groups in total. The molecule has 8 nitrogen and oxygen atoms in total. The monoisotopic (exact) mass is 524 g/mol. The summed E-state index contributed by atoms with van der Waals surface area (Å²) in [5.74, 6) is 4.39. The first-order chi connectivity index (χ1) is 18.1. The van der Waals surface area contributed by atoms with Gasteiger partial charge in [-0.25, -0.2) is 9.59 Å². The fourth-order valence-electron chi connectivity index (χ4n) is 4.18. The first-order valence-corrected chi connectivity index (χ1v) is 13.0. The Morgan fingerprint density at radius 3 is 2.61 bits per heavy atom. The maximum absolute atomic E-state index is 13.5. The molecule has 206 valence electrons. The summed E-state index contributed by atoms with van der Waals surface area (Å²) < 4.78 is 11.1. The van der Waals surface area contributed by atoms with Crippen LogP contribution in [0.5, 0.6) is 0 Å². The molecule has 38 heavy (non-hydrogen) atoms. The number of aliphatic carboxylic acids is 1. The van der Waals surface area contributed by atoms with Crippen molar-refractivity contribution in [3.8, 4) is 11.8 Å². The molecule has 1 saturated heterocycles. The quantitative estimate of drug-likeness (QED) is 0.235. The van der Waals surface area contributed by atoms with E-state index in [1.807, 2.05) is 51.1 Å². The summed E-state index contributed by atoms with van der Waals surface area (Å²) in [6.45, 7) is 13.3. The van der Waals surface area contributed by atoms with Crippen LogP contribution in [0.3, 0.4) is 0 Å². The summed E-state index contributed by atoms with van der Waals surface area (Å²) in [7, 11) is 0. The minimum atomic E-state index is -1.12. The first kappa shape index (κ1) is 30.7. The normalized spacial score (nSPS) is 17.6. The first-order valence-electron chi connectivity index (χ1n) is 13.0. The lowest BCUT2D eigenvalue weighted by Gasteiger charge is -2.34. The number of carboxylic acid groups (broad SMARTS) is 1. The highest BCUT2D eigenvalue weighted by atomic mass is 16.5. The van der Waals surface area contributed by atoms with Gasteiger partial charge < -0.3 is 24.8 Å². The number of rotatable bonds is 12. The van der Waals surface area contributed by atoms with E-state index in [9.17, 15) is 19.5 Å². The van der Waals surface area contributed by atoms with Crippen LogP contribution < -0.4 is 5.32 Å². The fourth-order valence-corrected chi connectivity index (χ4v) is 4.18. The maximum atomic E-state index is 13.5. The molecular formula is C30H40N2O6. The Morgan fingerprint density at radius 2 is 1.95 bits per heavy atom. The van der Waals surface area contributed by atoms with Crippen molar-refractivity contribution in [1.82, 2.24) is 10.2 Å². The number of carbonyl (C=O) groups is 3. The summed E-state index contributed by atoms with van der Waals surface area (Å²) >= 11 is 0. The van der Waals surface area contributed by atoms with E-state index in [-0.39, 0.29) is 26.2 Å². The molecule has 1 aromatic carbocycles. The van der Waals surface area contributed by atoms with Gasteiger partial charge in [-0.1, -0.05) is 69.5 Å². The Labute approximate surface area is 226 Å². The number of nitrogens with one attached hydrogen (secondary N) is 1. The lowest BCUT2D eigenvalue weighted by Crippen LogP contribution is -2.56. The molecule has 1 aliphatic heterocycles. The van der Waals surface area contributed by atoms with E-state index in [1.165, 1.54) is 4.90 Å². The van der Waals surface area contributed by atoms with E-state index < -0.39 is 41.6 Å².